The van der Waals surface area contributed by atoms with Gasteiger partial charge in [0.2, 0.25) is 0 Å². The van der Waals surface area contributed by atoms with Gasteiger partial charge in [0, 0.05) is 14.8 Å². The zero-order valence-corrected chi connectivity index (χ0v) is 11.8. The molecule has 3 rings (SSSR count). The molecule has 0 saturated carbocycles. The summed E-state index contributed by atoms with van der Waals surface area (Å²) in [6, 6.07) is 8.59. The molecular weight excluding hydrogens is 252 g/mol. The van der Waals surface area contributed by atoms with Gasteiger partial charge < -0.3 is 4.90 Å². The molecule has 0 radical (unpaired) electrons. The lowest BCUT2D eigenvalue weighted by Gasteiger charge is -2.42. The third-order valence-corrected chi connectivity index (χ3v) is 4.68. The molecule has 2 saturated heterocycles. The van der Waals surface area contributed by atoms with E-state index in [0.29, 0.717) is 18.0 Å². The van der Waals surface area contributed by atoms with Crippen molar-refractivity contribution in [1.29, 1.82) is 0 Å². The van der Waals surface area contributed by atoms with E-state index in [0.717, 1.165) is 12.0 Å². The Kier molecular flexibility index (Phi) is 1.86. The summed E-state index contributed by atoms with van der Waals surface area (Å²) in [5.74, 6) is 0. The van der Waals surface area contributed by atoms with Crippen molar-refractivity contribution in [1.82, 2.24) is 9.80 Å². The minimum absolute atomic E-state index is 0.304. The second-order valence-corrected chi connectivity index (χ2v) is 5.74. The molecule has 0 unspecified atom stereocenters. The van der Waals surface area contributed by atoms with E-state index in [4.69, 9.17) is 20.4 Å². The highest BCUT2D eigenvalue weighted by Crippen LogP contribution is 2.42. The normalized spacial score (nSPS) is 33.6. The third-order valence-electron chi connectivity index (χ3n) is 4.21. The van der Waals surface area contributed by atoms with Crippen LogP contribution in [0.1, 0.15) is 53.3 Å². The van der Waals surface area contributed by atoms with E-state index in [2.05, 4.69) is 0 Å². The van der Waals surface area contributed by atoms with Crippen molar-refractivity contribution < 1.29 is 8.22 Å². The Bertz CT molecular complexity index is 643. The summed E-state index contributed by atoms with van der Waals surface area (Å²) in [5.41, 5.74) is -1.24. The second-order valence-electron chi connectivity index (χ2n) is 5.32. The summed E-state index contributed by atoms with van der Waals surface area (Å²) < 4.78 is 49.1. The van der Waals surface area contributed by atoms with Crippen LogP contribution in [0.5, 0.6) is 0 Å². The molecule has 2 heterocycles. The van der Waals surface area contributed by atoms with Gasteiger partial charge in [-0.25, -0.2) is 0 Å². The highest BCUT2D eigenvalue weighted by molar-refractivity contribution is 7.80. The van der Waals surface area contributed by atoms with Crippen LogP contribution in [0.4, 0.5) is 0 Å². The lowest BCUT2D eigenvalue weighted by atomic mass is 10.0. The first-order chi connectivity index (χ1) is 11.5. The van der Waals surface area contributed by atoms with Crippen LogP contribution in [0.15, 0.2) is 30.3 Å². The highest BCUT2D eigenvalue weighted by Gasteiger charge is 2.52. The predicted octanol–water partition coefficient (Wildman–Crippen LogP) is 3.59. The van der Waals surface area contributed by atoms with Crippen molar-refractivity contribution in [3.8, 4) is 0 Å². The molecule has 0 spiro atoms. The fourth-order valence-electron chi connectivity index (χ4n) is 3.22. The molecule has 1 aromatic carbocycles. The van der Waals surface area contributed by atoms with E-state index in [1.54, 1.807) is 4.90 Å². The van der Waals surface area contributed by atoms with Gasteiger partial charge in [0.1, 0.15) is 0 Å². The summed E-state index contributed by atoms with van der Waals surface area (Å²) in [4.78, 5) is 3.54. The largest absolute Gasteiger partial charge is 0.340 e. The maximum absolute atomic E-state index is 8.19. The van der Waals surface area contributed by atoms with Crippen molar-refractivity contribution in [2.45, 2.75) is 51.2 Å². The Morgan fingerprint density at radius 2 is 2.11 bits per heavy atom. The van der Waals surface area contributed by atoms with E-state index >= 15 is 0 Å². The quantitative estimate of drug-likeness (QED) is 0.764. The number of benzene rings is 1. The molecule has 2 atom stereocenters. The van der Waals surface area contributed by atoms with E-state index in [1.807, 2.05) is 37.3 Å². The molecule has 102 valence electrons. The number of nitrogens with zero attached hydrogens (tertiary/aromatic N) is 2. The third kappa shape index (κ3) is 1.91. The van der Waals surface area contributed by atoms with E-state index in [1.165, 1.54) is 4.90 Å². The maximum atomic E-state index is 8.19. The van der Waals surface area contributed by atoms with Crippen molar-refractivity contribution in [2.24, 2.45) is 0 Å². The van der Waals surface area contributed by atoms with Gasteiger partial charge in [-0.3, -0.25) is 4.90 Å². The number of rotatable bonds is 2. The zero-order valence-electron chi connectivity index (χ0n) is 17.0. The Balaban J connectivity index is 2.21. The number of hydrogen-bond donors (Lipinski definition) is 0. The summed E-state index contributed by atoms with van der Waals surface area (Å²) in [5, 5.41) is 0. The van der Waals surface area contributed by atoms with Gasteiger partial charge in [-0.2, -0.15) is 0 Å². The molecule has 19 heavy (non-hydrogen) atoms. The Hall–Kier alpha value is -0.930. The van der Waals surface area contributed by atoms with E-state index in [-0.39, 0.29) is 6.04 Å². The predicted molar refractivity (Wildman–Crippen MR) is 83.1 cm³/mol. The first-order valence-corrected chi connectivity index (χ1v) is 7.09. The lowest BCUT2D eigenvalue weighted by Crippen LogP contribution is -2.49. The van der Waals surface area contributed by atoms with Crippen LogP contribution in [0.2, 0.25) is 0 Å². The SMILES string of the molecule is [2H]C([2H])([2H])C1(C([2H])([2H])[2H])N2CCC[C@H]2C(=S)N1[C@H](C)c1ccccc1. The number of hydrogen-bond acceptors (Lipinski definition) is 2. The summed E-state index contributed by atoms with van der Waals surface area (Å²) >= 11 is 5.63. The Labute approximate surface area is 129 Å². The molecule has 0 aliphatic carbocycles. The highest BCUT2D eigenvalue weighted by atomic mass is 32.1. The molecule has 2 nitrogen and oxygen atoms in total. The van der Waals surface area contributed by atoms with Crippen LogP contribution in [0.25, 0.3) is 0 Å². The summed E-state index contributed by atoms with van der Waals surface area (Å²) in [7, 11) is 0. The average Bonchev–Trinajstić information content (AvgIpc) is 3.07. The molecular formula is C16H22N2S. The van der Waals surface area contributed by atoms with Gasteiger partial charge in [0.05, 0.1) is 22.7 Å². The molecule has 2 aliphatic rings. The Morgan fingerprint density at radius 1 is 1.37 bits per heavy atom. The zero-order chi connectivity index (χ0) is 18.6. The van der Waals surface area contributed by atoms with Crippen LogP contribution in [0.3, 0.4) is 0 Å². The first-order valence-electron chi connectivity index (χ1n) is 9.68. The van der Waals surface area contributed by atoms with Crippen LogP contribution in [-0.4, -0.2) is 33.0 Å². The van der Waals surface area contributed by atoms with Gasteiger partial charge in [-0.05, 0) is 39.0 Å². The fourth-order valence-corrected chi connectivity index (χ4v) is 3.76. The summed E-state index contributed by atoms with van der Waals surface area (Å²) in [6.45, 7) is -3.20. The van der Waals surface area contributed by atoms with Gasteiger partial charge in [0.15, 0.2) is 0 Å². The van der Waals surface area contributed by atoms with Crippen molar-refractivity contribution in [3.05, 3.63) is 35.9 Å². The Morgan fingerprint density at radius 3 is 2.79 bits per heavy atom. The smallest absolute Gasteiger partial charge is 0.0974 e. The summed E-state index contributed by atoms with van der Waals surface area (Å²) in [6.07, 6.45) is 1.46. The monoisotopic (exact) mass is 280 g/mol. The fraction of sp³-hybridized carbons (Fsp3) is 0.562. The maximum Gasteiger partial charge on any atom is 0.0974 e. The minimum Gasteiger partial charge on any atom is -0.340 e. The average molecular weight is 280 g/mol. The van der Waals surface area contributed by atoms with Gasteiger partial charge in [-0.15, -0.1) is 0 Å². The van der Waals surface area contributed by atoms with Crippen molar-refractivity contribution >= 4 is 17.2 Å². The minimum atomic E-state index is -2.73. The molecule has 0 N–H and O–H groups in total. The van der Waals surface area contributed by atoms with Gasteiger partial charge >= 0.3 is 0 Å². The molecule has 0 amide bonds. The molecule has 2 fully saturated rings. The van der Waals surface area contributed by atoms with Gasteiger partial charge in [0.25, 0.3) is 0 Å². The topological polar surface area (TPSA) is 6.48 Å². The lowest BCUT2D eigenvalue weighted by molar-refractivity contribution is 0.0428. The molecule has 3 heteroatoms. The molecule has 1 aromatic rings. The standard InChI is InChI=1S/C16H22N2S/c1-12(13-8-5-4-6-9-13)18-15(19)14-10-7-11-17(14)16(18,2)3/h4-6,8-9,12,14H,7,10-11H2,1-3H3/t12-,14+/m1/s1/i2D3,3D3. The van der Waals surface area contributed by atoms with Crippen LogP contribution in [0, 0.1) is 0 Å². The van der Waals surface area contributed by atoms with E-state index < -0.39 is 25.4 Å². The van der Waals surface area contributed by atoms with Crippen LogP contribution < -0.4 is 0 Å². The number of fused-ring (bicyclic) bond motifs is 1. The van der Waals surface area contributed by atoms with Crippen LogP contribution >= 0.6 is 12.2 Å². The molecule has 0 bridgehead atoms. The second kappa shape index (κ2) is 4.57. The van der Waals surface area contributed by atoms with E-state index in [9.17, 15) is 0 Å². The first kappa shape index (κ1) is 7.75. The molecule has 0 aromatic heterocycles. The van der Waals surface area contributed by atoms with Gasteiger partial charge in [-0.1, -0.05) is 42.5 Å². The van der Waals surface area contributed by atoms with Crippen molar-refractivity contribution in [2.75, 3.05) is 6.54 Å². The molecule has 2 aliphatic heterocycles. The van der Waals surface area contributed by atoms with Crippen molar-refractivity contribution in [3.63, 3.8) is 0 Å². The van der Waals surface area contributed by atoms with Crippen LogP contribution in [-0.2, 0) is 0 Å². The number of thiocarbonyl (C=S) groups is 1.